The largest absolute Gasteiger partial charge is 0.389 e. The first-order valence-corrected chi connectivity index (χ1v) is 4.31. The van der Waals surface area contributed by atoms with Crippen molar-refractivity contribution in [1.29, 1.82) is 0 Å². The monoisotopic (exact) mass is 166 g/mol. The highest BCUT2D eigenvalue weighted by atomic mass is 16.3. The van der Waals surface area contributed by atoms with Gasteiger partial charge in [-0.3, -0.25) is 4.68 Å². The number of aromatic nitrogens is 2. The first-order valence-electron chi connectivity index (χ1n) is 4.31. The van der Waals surface area contributed by atoms with Crippen molar-refractivity contribution in [2.24, 2.45) is 7.05 Å². The summed E-state index contributed by atoms with van der Waals surface area (Å²) in [6, 6.07) is 2.04. The van der Waals surface area contributed by atoms with Gasteiger partial charge in [0.1, 0.15) is 0 Å². The first-order chi connectivity index (χ1) is 5.59. The molecule has 1 saturated carbocycles. The summed E-state index contributed by atoms with van der Waals surface area (Å²) in [5.74, 6) is 0. The van der Waals surface area contributed by atoms with Crippen LogP contribution >= 0.6 is 0 Å². The molecule has 0 aliphatic heterocycles. The van der Waals surface area contributed by atoms with Crippen LogP contribution in [0.25, 0.3) is 0 Å². The summed E-state index contributed by atoms with van der Waals surface area (Å²) in [6.45, 7) is 1.97. The lowest BCUT2D eigenvalue weighted by Crippen LogP contribution is -2.13. The zero-order chi connectivity index (χ0) is 8.77. The predicted molar refractivity (Wildman–Crippen MR) is 45.8 cm³/mol. The fourth-order valence-electron chi connectivity index (χ4n) is 1.49. The lowest BCUT2D eigenvalue weighted by Gasteiger charge is -2.06. The van der Waals surface area contributed by atoms with Gasteiger partial charge in [-0.2, -0.15) is 5.10 Å². The minimum atomic E-state index is -0.403. The fraction of sp³-hybridized carbons (Fsp3) is 0.667. The molecule has 0 aromatic carbocycles. The second-order valence-electron chi connectivity index (χ2n) is 3.80. The molecule has 0 saturated heterocycles. The van der Waals surface area contributed by atoms with Gasteiger partial charge in [0.25, 0.3) is 0 Å². The maximum atomic E-state index is 9.67. The van der Waals surface area contributed by atoms with E-state index in [2.05, 4.69) is 5.10 Å². The molecule has 3 heteroatoms. The molecule has 66 valence electrons. The SMILES string of the molecule is Cc1cc(CC2(O)CC2)n(C)n1. The van der Waals surface area contributed by atoms with E-state index in [1.807, 2.05) is 24.7 Å². The van der Waals surface area contributed by atoms with E-state index in [0.29, 0.717) is 0 Å². The summed E-state index contributed by atoms with van der Waals surface area (Å²) in [7, 11) is 1.92. The molecule has 1 N–H and O–H groups in total. The van der Waals surface area contributed by atoms with Crippen LogP contribution in [0.5, 0.6) is 0 Å². The van der Waals surface area contributed by atoms with Crippen LogP contribution in [0.15, 0.2) is 6.07 Å². The van der Waals surface area contributed by atoms with Gasteiger partial charge in [-0.25, -0.2) is 0 Å². The van der Waals surface area contributed by atoms with E-state index in [4.69, 9.17) is 0 Å². The quantitative estimate of drug-likeness (QED) is 0.705. The molecular weight excluding hydrogens is 152 g/mol. The van der Waals surface area contributed by atoms with Crippen LogP contribution in [0.4, 0.5) is 0 Å². The molecule has 1 heterocycles. The summed E-state index contributed by atoms with van der Waals surface area (Å²) in [5, 5.41) is 13.9. The van der Waals surface area contributed by atoms with Gasteiger partial charge in [0.05, 0.1) is 11.3 Å². The van der Waals surface area contributed by atoms with Crippen molar-refractivity contribution < 1.29 is 5.11 Å². The van der Waals surface area contributed by atoms with Crippen LogP contribution in [0, 0.1) is 6.92 Å². The van der Waals surface area contributed by atoms with Crippen LogP contribution < -0.4 is 0 Å². The molecule has 0 amide bonds. The molecule has 3 nitrogen and oxygen atoms in total. The summed E-state index contributed by atoms with van der Waals surface area (Å²) in [6.07, 6.45) is 2.64. The normalized spacial score (nSPS) is 19.6. The average molecular weight is 166 g/mol. The third-order valence-electron chi connectivity index (χ3n) is 2.44. The molecule has 1 aliphatic carbocycles. The van der Waals surface area contributed by atoms with E-state index < -0.39 is 5.60 Å². The zero-order valence-corrected chi connectivity index (χ0v) is 7.54. The lowest BCUT2D eigenvalue weighted by molar-refractivity contribution is 0.148. The van der Waals surface area contributed by atoms with Crippen LogP contribution in [0.3, 0.4) is 0 Å². The van der Waals surface area contributed by atoms with Crippen LogP contribution in [0.1, 0.15) is 24.2 Å². The lowest BCUT2D eigenvalue weighted by atomic mass is 10.1. The Morgan fingerprint density at radius 3 is 2.75 bits per heavy atom. The third kappa shape index (κ3) is 1.37. The summed E-state index contributed by atoms with van der Waals surface area (Å²) >= 11 is 0. The number of aryl methyl sites for hydroxylation is 2. The zero-order valence-electron chi connectivity index (χ0n) is 7.54. The van der Waals surface area contributed by atoms with E-state index in [0.717, 1.165) is 30.7 Å². The Hall–Kier alpha value is -0.830. The van der Waals surface area contributed by atoms with E-state index in [9.17, 15) is 5.11 Å². The maximum absolute atomic E-state index is 9.67. The van der Waals surface area contributed by atoms with Gasteiger partial charge >= 0.3 is 0 Å². The first kappa shape index (κ1) is 7.80. The summed E-state index contributed by atoms with van der Waals surface area (Å²) in [5.41, 5.74) is 1.75. The van der Waals surface area contributed by atoms with Crippen molar-refractivity contribution in [3.05, 3.63) is 17.5 Å². The van der Waals surface area contributed by atoms with Crippen molar-refractivity contribution in [2.75, 3.05) is 0 Å². The number of hydrogen-bond acceptors (Lipinski definition) is 2. The molecule has 1 aliphatic rings. The van der Waals surface area contributed by atoms with E-state index in [1.54, 1.807) is 0 Å². The van der Waals surface area contributed by atoms with Crippen molar-refractivity contribution in [3.63, 3.8) is 0 Å². The van der Waals surface area contributed by atoms with Crippen molar-refractivity contribution in [2.45, 2.75) is 31.8 Å². The predicted octanol–water partition coefficient (Wildman–Crippen LogP) is 0.796. The van der Waals surface area contributed by atoms with Gasteiger partial charge in [-0.1, -0.05) is 0 Å². The molecule has 1 aromatic heterocycles. The van der Waals surface area contributed by atoms with E-state index in [1.165, 1.54) is 0 Å². The molecule has 2 rings (SSSR count). The second kappa shape index (κ2) is 2.33. The van der Waals surface area contributed by atoms with Crippen molar-refractivity contribution >= 4 is 0 Å². The van der Waals surface area contributed by atoms with Crippen molar-refractivity contribution in [3.8, 4) is 0 Å². The molecule has 0 atom stereocenters. The Kier molecular flexibility index (Phi) is 1.51. The molecular formula is C9H14N2O. The van der Waals surface area contributed by atoms with E-state index >= 15 is 0 Å². The van der Waals surface area contributed by atoms with Crippen LogP contribution in [-0.2, 0) is 13.5 Å². The number of hydrogen-bond donors (Lipinski definition) is 1. The topological polar surface area (TPSA) is 38.0 Å². The second-order valence-corrected chi connectivity index (χ2v) is 3.80. The Morgan fingerprint density at radius 1 is 1.67 bits per heavy atom. The Morgan fingerprint density at radius 2 is 2.33 bits per heavy atom. The molecule has 1 fully saturated rings. The Balaban J connectivity index is 2.17. The van der Waals surface area contributed by atoms with Gasteiger partial charge < -0.3 is 5.11 Å². The Labute approximate surface area is 72.0 Å². The van der Waals surface area contributed by atoms with Gasteiger partial charge in [0.15, 0.2) is 0 Å². The average Bonchev–Trinajstić information content (AvgIpc) is 2.58. The smallest absolute Gasteiger partial charge is 0.0705 e. The van der Waals surface area contributed by atoms with Crippen molar-refractivity contribution in [1.82, 2.24) is 9.78 Å². The highest BCUT2D eigenvalue weighted by molar-refractivity contribution is 5.14. The van der Waals surface area contributed by atoms with Gasteiger partial charge in [0.2, 0.25) is 0 Å². The number of aliphatic hydroxyl groups is 1. The van der Waals surface area contributed by atoms with Gasteiger partial charge in [-0.05, 0) is 25.8 Å². The number of rotatable bonds is 2. The molecule has 12 heavy (non-hydrogen) atoms. The minimum Gasteiger partial charge on any atom is -0.389 e. The fourth-order valence-corrected chi connectivity index (χ4v) is 1.49. The highest BCUT2D eigenvalue weighted by Crippen LogP contribution is 2.38. The standard InChI is InChI=1S/C9H14N2O/c1-7-5-8(11(2)10-7)6-9(12)3-4-9/h5,12H,3-4,6H2,1-2H3. The molecule has 0 radical (unpaired) electrons. The maximum Gasteiger partial charge on any atom is 0.0705 e. The van der Waals surface area contributed by atoms with Crippen LogP contribution in [-0.4, -0.2) is 20.5 Å². The van der Waals surface area contributed by atoms with E-state index in [-0.39, 0.29) is 0 Å². The summed E-state index contributed by atoms with van der Waals surface area (Å²) in [4.78, 5) is 0. The Bertz CT molecular complexity index is 299. The van der Waals surface area contributed by atoms with Gasteiger partial charge in [-0.15, -0.1) is 0 Å². The molecule has 0 unspecified atom stereocenters. The van der Waals surface area contributed by atoms with Crippen LogP contribution in [0.2, 0.25) is 0 Å². The minimum absolute atomic E-state index is 0.403. The van der Waals surface area contributed by atoms with Gasteiger partial charge in [0, 0.05) is 19.2 Å². The third-order valence-corrected chi connectivity index (χ3v) is 2.44. The molecule has 1 aromatic rings. The highest BCUT2D eigenvalue weighted by Gasteiger charge is 2.40. The molecule has 0 bridgehead atoms. The summed E-state index contributed by atoms with van der Waals surface area (Å²) < 4.78 is 1.85. The number of nitrogens with zero attached hydrogens (tertiary/aromatic N) is 2. The molecule has 0 spiro atoms.